The van der Waals surface area contributed by atoms with Crippen LogP contribution in [0.25, 0.3) is 0 Å². The summed E-state index contributed by atoms with van der Waals surface area (Å²) < 4.78 is 5.34. The Bertz CT molecular complexity index is 583. The van der Waals surface area contributed by atoms with Crippen molar-refractivity contribution in [1.29, 1.82) is 0 Å². The predicted molar refractivity (Wildman–Crippen MR) is 86.1 cm³/mol. The molecule has 1 aromatic carbocycles. The highest BCUT2D eigenvalue weighted by Crippen LogP contribution is 2.40. The van der Waals surface area contributed by atoms with Gasteiger partial charge in [-0.05, 0) is 73.6 Å². The molecular formula is C19H25NO2. The number of hydrogen-bond acceptors (Lipinski definition) is 2. The summed E-state index contributed by atoms with van der Waals surface area (Å²) in [6.07, 6.45) is 7.96. The van der Waals surface area contributed by atoms with Gasteiger partial charge in [-0.15, -0.1) is 0 Å². The van der Waals surface area contributed by atoms with Crippen LogP contribution in [0.5, 0.6) is 5.75 Å². The quantitative estimate of drug-likeness (QED) is 0.854. The van der Waals surface area contributed by atoms with Gasteiger partial charge in [0, 0.05) is 19.0 Å². The molecule has 1 saturated heterocycles. The molecule has 1 aliphatic heterocycles. The number of fused-ring (bicyclic) bond motifs is 3. The maximum Gasteiger partial charge on any atom is 0.223 e. The molecule has 3 heteroatoms. The lowest BCUT2D eigenvalue weighted by Gasteiger charge is -2.31. The number of hydrogen-bond donors (Lipinski definition) is 0. The van der Waals surface area contributed by atoms with E-state index >= 15 is 0 Å². The van der Waals surface area contributed by atoms with Gasteiger partial charge >= 0.3 is 0 Å². The lowest BCUT2D eigenvalue weighted by molar-refractivity contribution is -0.133. The summed E-state index contributed by atoms with van der Waals surface area (Å²) in [5.74, 6) is 2.52. The molecule has 1 heterocycles. The normalized spacial score (nSPS) is 29.5. The minimum Gasteiger partial charge on any atom is -0.497 e. The first-order valence-electron chi connectivity index (χ1n) is 8.71. The van der Waals surface area contributed by atoms with Crippen LogP contribution >= 0.6 is 0 Å². The number of rotatable bonds is 3. The Morgan fingerprint density at radius 1 is 1.32 bits per heavy atom. The summed E-state index contributed by atoms with van der Waals surface area (Å²) in [7, 11) is 1.72. The first-order valence-corrected chi connectivity index (χ1v) is 8.71. The first kappa shape index (κ1) is 14.1. The summed E-state index contributed by atoms with van der Waals surface area (Å²) >= 11 is 0. The maximum absolute atomic E-state index is 12.7. The average molecular weight is 299 g/mol. The molecule has 3 atom stereocenters. The van der Waals surface area contributed by atoms with Crippen molar-refractivity contribution >= 4 is 5.91 Å². The second-order valence-corrected chi connectivity index (χ2v) is 7.24. The van der Waals surface area contributed by atoms with E-state index < -0.39 is 0 Å². The van der Waals surface area contributed by atoms with E-state index in [2.05, 4.69) is 17.0 Å². The molecule has 2 bridgehead atoms. The third kappa shape index (κ3) is 2.41. The van der Waals surface area contributed by atoms with E-state index in [-0.39, 0.29) is 0 Å². The summed E-state index contributed by atoms with van der Waals surface area (Å²) in [5, 5.41) is 0. The summed E-state index contributed by atoms with van der Waals surface area (Å²) in [6.45, 7) is 1.02. The van der Waals surface area contributed by atoms with Crippen LogP contribution in [0.2, 0.25) is 0 Å². The summed E-state index contributed by atoms with van der Waals surface area (Å²) in [4.78, 5) is 14.9. The molecule has 2 aliphatic carbocycles. The van der Waals surface area contributed by atoms with Crippen molar-refractivity contribution in [2.45, 2.75) is 56.9 Å². The van der Waals surface area contributed by atoms with E-state index in [1.165, 1.54) is 36.8 Å². The molecule has 1 saturated carbocycles. The van der Waals surface area contributed by atoms with Gasteiger partial charge in [0.2, 0.25) is 5.91 Å². The Kier molecular flexibility index (Phi) is 3.59. The number of nitrogens with zero attached hydrogens (tertiary/aromatic N) is 1. The van der Waals surface area contributed by atoms with Crippen LogP contribution in [0.4, 0.5) is 0 Å². The second-order valence-electron chi connectivity index (χ2n) is 7.24. The smallest absolute Gasteiger partial charge is 0.223 e. The van der Waals surface area contributed by atoms with Gasteiger partial charge in [0.05, 0.1) is 7.11 Å². The number of likely N-dealkylation sites (tertiary alicyclic amines) is 1. The van der Waals surface area contributed by atoms with Gasteiger partial charge in [-0.25, -0.2) is 0 Å². The van der Waals surface area contributed by atoms with Gasteiger partial charge in [-0.2, -0.15) is 0 Å². The Labute approximate surface area is 132 Å². The minimum atomic E-state index is 0.390. The lowest BCUT2D eigenvalue weighted by atomic mass is 9.80. The van der Waals surface area contributed by atoms with Crippen LogP contribution in [0.1, 0.15) is 55.6 Å². The van der Waals surface area contributed by atoms with Crippen LogP contribution in [-0.4, -0.2) is 30.5 Å². The van der Waals surface area contributed by atoms with Gasteiger partial charge in [0.1, 0.15) is 5.75 Å². The molecule has 2 fully saturated rings. The average Bonchev–Trinajstić information content (AvgIpc) is 3.17. The van der Waals surface area contributed by atoms with Crippen LogP contribution in [0, 0.1) is 5.92 Å². The molecular weight excluding hydrogens is 274 g/mol. The fraction of sp³-hybridized carbons (Fsp3) is 0.632. The molecule has 3 aliphatic rings. The molecule has 0 spiro atoms. The van der Waals surface area contributed by atoms with Crippen molar-refractivity contribution < 1.29 is 9.53 Å². The van der Waals surface area contributed by atoms with E-state index in [9.17, 15) is 4.79 Å². The summed E-state index contributed by atoms with van der Waals surface area (Å²) in [5.41, 5.74) is 2.76. The third-order valence-electron chi connectivity index (χ3n) is 5.94. The van der Waals surface area contributed by atoms with E-state index in [1.807, 2.05) is 6.07 Å². The van der Waals surface area contributed by atoms with Crippen molar-refractivity contribution in [3.05, 3.63) is 29.3 Å². The van der Waals surface area contributed by atoms with Gasteiger partial charge in [0.25, 0.3) is 0 Å². The zero-order valence-electron chi connectivity index (χ0n) is 13.4. The molecule has 3 nitrogen and oxygen atoms in total. The zero-order chi connectivity index (χ0) is 15.1. The van der Waals surface area contributed by atoms with Crippen LogP contribution in [0.15, 0.2) is 18.2 Å². The number of methoxy groups -OCH3 is 1. The van der Waals surface area contributed by atoms with E-state index in [4.69, 9.17) is 4.74 Å². The lowest BCUT2D eigenvalue weighted by Crippen LogP contribution is -2.38. The number of benzene rings is 1. The monoisotopic (exact) mass is 299 g/mol. The first-order chi connectivity index (χ1) is 10.7. The topological polar surface area (TPSA) is 29.5 Å². The molecule has 0 radical (unpaired) electrons. The molecule has 4 rings (SSSR count). The van der Waals surface area contributed by atoms with Crippen molar-refractivity contribution in [3.63, 3.8) is 0 Å². The largest absolute Gasteiger partial charge is 0.497 e. The van der Waals surface area contributed by atoms with Gasteiger partial charge in [-0.3, -0.25) is 4.79 Å². The van der Waals surface area contributed by atoms with Crippen molar-refractivity contribution in [2.24, 2.45) is 5.92 Å². The molecule has 1 aromatic rings. The predicted octanol–water partition coefficient (Wildman–Crippen LogP) is 3.52. The minimum absolute atomic E-state index is 0.390. The van der Waals surface area contributed by atoms with Gasteiger partial charge in [-0.1, -0.05) is 6.07 Å². The van der Waals surface area contributed by atoms with Crippen LogP contribution < -0.4 is 4.74 Å². The van der Waals surface area contributed by atoms with Crippen molar-refractivity contribution in [2.75, 3.05) is 13.7 Å². The van der Waals surface area contributed by atoms with Gasteiger partial charge < -0.3 is 9.64 Å². The number of ether oxygens (including phenoxy) is 1. The highest BCUT2D eigenvalue weighted by molar-refractivity contribution is 5.78. The highest BCUT2D eigenvalue weighted by atomic mass is 16.5. The number of piperidine rings is 1. The van der Waals surface area contributed by atoms with E-state index in [1.54, 1.807) is 7.11 Å². The molecule has 22 heavy (non-hydrogen) atoms. The second kappa shape index (κ2) is 5.60. The molecule has 118 valence electrons. The number of aryl methyl sites for hydroxylation is 1. The number of carbonyl (C=O) groups excluding carboxylic acids is 1. The van der Waals surface area contributed by atoms with Crippen LogP contribution in [-0.2, 0) is 11.2 Å². The Hall–Kier alpha value is -1.51. The molecule has 0 N–H and O–H groups in total. The standard InChI is InChI=1S/C19H25NO2/c1-22-17-7-8-18-14(10-17)3-2-4-15(18)11-19(21)20-12-13-5-6-16(20)9-13/h7-8,10,13,15-16H,2-6,9,11-12H2,1H3. The SMILES string of the molecule is COc1ccc2c(c1)CCCC2CC(=O)N1CC2CCC1C2. The van der Waals surface area contributed by atoms with Crippen LogP contribution in [0.3, 0.4) is 0 Å². The zero-order valence-corrected chi connectivity index (χ0v) is 13.4. The van der Waals surface area contributed by atoms with Crippen molar-refractivity contribution in [1.82, 2.24) is 4.90 Å². The number of carbonyl (C=O) groups is 1. The highest BCUT2D eigenvalue weighted by Gasteiger charge is 2.40. The van der Waals surface area contributed by atoms with E-state index in [0.717, 1.165) is 31.1 Å². The fourth-order valence-corrected chi connectivity index (χ4v) is 4.79. The third-order valence-corrected chi connectivity index (χ3v) is 5.94. The fourth-order valence-electron chi connectivity index (χ4n) is 4.79. The Morgan fingerprint density at radius 2 is 2.23 bits per heavy atom. The molecule has 0 aromatic heterocycles. The molecule has 1 amide bonds. The van der Waals surface area contributed by atoms with E-state index in [0.29, 0.717) is 24.3 Å². The van der Waals surface area contributed by atoms with Crippen molar-refractivity contribution in [3.8, 4) is 5.75 Å². The van der Waals surface area contributed by atoms with Gasteiger partial charge in [0.15, 0.2) is 0 Å². The Balaban J connectivity index is 1.49. The maximum atomic E-state index is 12.7. The summed E-state index contributed by atoms with van der Waals surface area (Å²) in [6, 6.07) is 6.93. The molecule has 3 unspecified atom stereocenters. The number of amides is 1. The Morgan fingerprint density at radius 3 is 2.95 bits per heavy atom.